The minimum absolute atomic E-state index is 0.492. The molecule has 0 aromatic heterocycles. The number of benzene rings is 2. The molecule has 1 unspecified atom stereocenters. The van der Waals surface area contributed by atoms with E-state index in [-0.39, 0.29) is 0 Å². The summed E-state index contributed by atoms with van der Waals surface area (Å²) in [5.41, 5.74) is 3.43. The molecule has 0 fully saturated rings. The molecule has 0 spiro atoms. The van der Waals surface area contributed by atoms with E-state index in [0.717, 1.165) is 42.1 Å². The maximum absolute atomic E-state index is 12.9. The molecule has 0 bridgehead atoms. The molecule has 32 heavy (non-hydrogen) atoms. The fourth-order valence-corrected chi connectivity index (χ4v) is 3.24. The van der Waals surface area contributed by atoms with Gasteiger partial charge in [-0.1, -0.05) is 56.0 Å². The van der Waals surface area contributed by atoms with E-state index in [1.165, 1.54) is 12.1 Å². The number of amidine groups is 1. The molecule has 2 aromatic carbocycles. The predicted octanol–water partition coefficient (Wildman–Crippen LogP) is 5.75. The van der Waals surface area contributed by atoms with E-state index in [9.17, 15) is 13.2 Å². The second-order valence-electron chi connectivity index (χ2n) is 7.51. The van der Waals surface area contributed by atoms with Gasteiger partial charge in [0.25, 0.3) is 0 Å². The quantitative estimate of drug-likeness (QED) is 0.480. The van der Waals surface area contributed by atoms with Gasteiger partial charge >= 0.3 is 6.18 Å². The van der Waals surface area contributed by atoms with E-state index < -0.39 is 17.9 Å². The Labute approximate surface area is 186 Å². The van der Waals surface area contributed by atoms with E-state index in [4.69, 9.17) is 0 Å². The Morgan fingerprint density at radius 3 is 2.44 bits per heavy atom. The molecule has 3 rings (SSSR count). The van der Waals surface area contributed by atoms with Crippen LogP contribution in [0.1, 0.15) is 43.1 Å². The summed E-state index contributed by atoms with van der Waals surface area (Å²) in [5, 5.41) is 9.80. The summed E-state index contributed by atoms with van der Waals surface area (Å²) in [6.07, 6.45) is -0.114. The van der Waals surface area contributed by atoms with E-state index in [1.807, 2.05) is 49.4 Å². The number of halogens is 3. The first kappa shape index (κ1) is 23.2. The van der Waals surface area contributed by atoms with Gasteiger partial charge in [0.05, 0.1) is 5.56 Å². The molecule has 1 heterocycles. The van der Waals surface area contributed by atoms with Crippen molar-refractivity contribution in [2.75, 3.05) is 6.54 Å². The molecule has 0 aliphatic carbocycles. The van der Waals surface area contributed by atoms with Crippen LogP contribution >= 0.6 is 0 Å². The Bertz CT molecular complexity index is 1020. The van der Waals surface area contributed by atoms with Crippen LogP contribution in [0.25, 0.3) is 5.70 Å². The van der Waals surface area contributed by atoms with Gasteiger partial charge in [-0.3, -0.25) is 0 Å². The molecule has 0 radical (unpaired) electrons. The van der Waals surface area contributed by atoms with Gasteiger partial charge in [-0.2, -0.15) is 13.2 Å². The minimum Gasteiger partial charge on any atom is -0.385 e. The average Bonchev–Trinajstić information content (AvgIpc) is 2.76. The lowest BCUT2D eigenvalue weighted by Crippen LogP contribution is -2.30. The van der Waals surface area contributed by atoms with E-state index in [2.05, 4.69) is 34.4 Å². The number of nitrogens with one attached hydrogen (secondary N) is 3. The molecular weight excluding hydrogens is 413 g/mol. The van der Waals surface area contributed by atoms with Gasteiger partial charge in [0.1, 0.15) is 12.0 Å². The summed E-state index contributed by atoms with van der Waals surface area (Å²) in [4.78, 5) is 4.60. The number of allylic oxidation sites excluding steroid dienone is 2. The van der Waals surface area contributed by atoms with E-state index in [0.29, 0.717) is 17.1 Å². The summed E-state index contributed by atoms with van der Waals surface area (Å²) >= 11 is 0. The summed E-state index contributed by atoms with van der Waals surface area (Å²) in [6.45, 7) is 8.91. The summed E-state index contributed by atoms with van der Waals surface area (Å²) < 4.78 is 38.6. The number of aliphatic imine (C=N–C) groups is 1. The molecule has 1 aliphatic heterocycles. The molecule has 0 saturated carbocycles. The van der Waals surface area contributed by atoms with Crippen molar-refractivity contribution in [3.63, 3.8) is 0 Å². The van der Waals surface area contributed by atoms with Crippen LogP contribution in [0.3, 0.4) is 0 Å². The van der Waals surface area contributed by atoms with Crippen LogP contribution in [0.4, 0.5) is 13.2 Å². The summed E-state index contributed by atoms with van der Waals surface area (Å²) in [5.74, 6) is 0.579. The zero-order chi connectivity index (χ0) is 23.1. The van der Waals surface area contributed by atoms with Crippen LogP contribution in [-0.4, -0.2) is 12.4 Å². The third-order valence-electron chi connectivity index (χ3n) is 4.80. The predicted molar refractivity (Wildman–Crippen MR) is 124 cm³/mol. The first-order valence-electron chi connectivity index (χ1n) is 10.4. The molecule has 4 nitrogen and oxygen atoms in total. The van der Waals surface area contributed by atoms with Crippen LogP contribution < -0.4 is 16.0 Å². The molecule has 168 valence electrons. The molecular formula is C25H27F3N4. The first-order valence-corrected chi connectivity index (χ1v) is 10.4. The fraction of sp³-hybridized carbons (Fsp3) is 0.240. The van der Waals surface area contributed by atoms with Gasteiger partial charge in [-0.15, -0.1) is 0 Å². The van der Waals surface area contributed by atoms with Crippen molar-refractivity contribution in [2.24, 2.45) is 4.99 Å². The second kappa shape index (κ2) is 10.2. The van der Waals surface area contributed by atoms with Crippen molar-refractivity contribution in [2.45, 2.75) is 32.6 Å². The lowest BCUT2D eigenvalue weighted by atomic mass is 10.1. The zero-order valence-corrected chi connectivity index (χ0v) is 18.1. The molecule has 7 heteroatoms. The number of hydrogen-bond acceptors (Lipinski definition) is 4. The molecule has 3 N–H and O–H groups in total. The standard InChI is InChI=1S/C25H27F3N4/c1-4-14-29-22(19-8-6-5-7-9-19)15-17(2)30-23-16-18(3)31-24(32-23)20-10-12-21(13-11-20)25(26,27)28/h5-13,15-16,24,29,31H,2,4,14H2,1,3H3,(H,30,32)/b22-15-. The SMILES string of the molecule is C=C(/C=C(\NCCC)c1ccccc1)NC1=NC(c2ccc(C(F)(F)F)cc2)NC(C)=C1. The van der Waals surface area contributed by atoms with Gasteiger partial charge in [-0.25, -0.2) is 4.99 Å². The van der Waals surface area contributed by atoms with Crippen molar-refractivity contribution in [3.8, 4) is 0 Å². The third-order valence-corrected chi connectivity index (χ3v) is 4.80. The smallest absolute Gasteiger partial charge is 0.385 e. The van der Waals surface area contributed by atoms with Crippen LogP contribution in [0.15, 0.2) is 89.7 Å². The van der Waals surface area contributed by atoms with Gasteiger partial charge in [0.2, 0.25) is 0 Å². The van der Waals surface area contributed by atoms with Crippen molar-refractivity contribution in [3.05, 3.63) is 101 Å². The Balaban J connectivity index is 1.78. The van der Waals surface area contributed by atoms with Crippen LogP contribution in [0, 0.1) is 0 Å². The number of alkyl halides is 3. The summed E-state index contributed by atoms with van der Waals surface area (Å²) in [7, 11) is 0. The maximum atomic E-state index is 12.9. The van der Waals surface area contributed by atoms with E-state index in [1.54, 1.807) is 0 Å². The van der Waals surface area contributed by atoms with E-state index >= 15 is 0 Å². The highest BCUT2D eigenvalue weighted by molar-refractivity contribution is 5.95. The first-order chi connectivity index (χ1) is 15.3. The maximum Gasteiger partial charge on any atom is 0.416 e. The number of nitrogens with zero attached hydrogens (tertiary/aromatic N) is 1. The van der Waals surface area contributed by atoms with Gasteiger partial charge in [0, 0.05) is 23.6 Å². The van der Waals surface area contributed by atoms with Crippen LogP contribution in [-0.2, 0) is 6.18 Å². The highest BCUT2D eigenvalue weighted by atomic mass is 19.4. The third kappa shape index (κ3) is 6.26. The second-order valence-corrected chi connectivity index (χ2v) is 7.51. The van der Waals surface area contributed by atoms with Gasteiger partial charge in [-0.05, 0) is 48.8 Å². The normalized spacial score (nSPS) is 16.5. The molecule has 1 atom stereocenters. The van der Waals surface area contributed by atoms with Crippen molar-refractivity contribution < 1.29 is 13.2 Å². The Hall–Kier alpha value is -3.48. The number of rotatable bonds is 7. The number of hydrogen-bond donors (Lipinski definition) is 3. The van der Waals surface area contributed by atoms with Gasteiger partial charge in [0.15, 0.2) is 0 Å². The largest absolute Gasteiger partial charge is 0.416 e. The molecule has 0 saturated heterocycles. The Morgan fingerprint density at radius 2 is 1.81 bits per heavy atom. The van der Waals surface area contributed by atoms with Crippen LogP contribution in [0.2, 0.25) is 0 Å². The Kier molecular flexibility index (Phi) is 7.41. The monoisotopic (exact) mass is 440 g/mol. The summed E-state index contributed by atoms with van der Waals surface area (Å²) in [6, 6.07) is 15.0. The lowest BCUT2D eigenvalue weighted by Gasteiger charge is -2.23. The average molecular weight is 441 g/mol. The lowest BCUT2D eigenvalue weighted by molar-refractivity contribution is -0.137. The fourth-order valence-electron chi connectivity index (χ4n) is 3.24. The topological polar surface area (TPSA) is 48.5 Å². The van der Waals surface area contributed by atoms with Crippen molar-refractivity contribution in [1.29, 1.82) is 0 Å². The highest BCUT2D eigenvalue weighted by Crippen LogP contribution is 2.30. The molecule has 1 aliphatic rings. The van der Waals surface area contributed by atoms with Crippen LogP contribution in [0.5, 0.6) is 0 Å². The minimum atomic E-state index is -4.36. The van der Waals surface area contributed by atoms with Gasteiger partial charge < -0.3 is 16.0 Å². The van der Waals surface area contributed by atoms with Crippen molar-refractivity contribution >= 4 is 11.5 Å². The zero-order valence-electron chi connectivity index (χ0n) is 18.1. The highest BCUT2D eigenvalue weighted by Gasteiger charge is 2.30. The molecule has 0 amide bonds. The molecule has 2 aromatic rings. The van der Waals surface area contributed by atoms with Crippen molar-refractivity contribution in [1.82, 2.24) is 16.0 Å². The Morgan fingerprint density at radius 1 is 1.12 bits per heavy atom.